The van der Waals surface area contributed by atoms with Crippen LogP contribution in [0.3, 0.4) is 0 Å². The number of aromatic nitrogens is 2. The Labute approximate surface area is 92.6 Å². The van der Waals surface area contributed by atoms with Crippen molar-refractivity contribution in [2.75, 3.05) is 14.1 Å². The largest absolute Gasteiger partial charge is 0.330 e. The minimum atomic E-state index is -3.83. The van der Waals surface area contributed by atoms with Crippen molar-refractivity contribution in [2.24, 2.45) is 14.1 Å². The van der Waals surface area contributed by atoms with Gasteiger partial charge in [-0.15, -0.1) is 0 Å². The third-order valence-corrected chi connectivity index (χ3v) is 3.97. The molecule has 1 aromatic rings. The molecule has 7 nitrogen and oxygen atoms in total. The zero-order chi connectivity index (χ0) is 12.7. The van der Waals surface area contributed by atoms with E-state index in [0.717, 1.165) is 19.6 Å². The highest BCUT2D eigenvalue weighted by atomic mass is 32.2. The van der Waals surface area contributed by atoms with Crippen LogP contribution in [0.4, 0.5) is 0 Å². The number of hydrogen-bond acceptors (Lipinski definition) is 4. The van der Waals surface area contributed by atoms with Gasteiger partial charge < -0.3 is 4.57 Å². The van der Waals surface area contributed by atoms with Gasteiger partial charge in [-0.05, 0) is 0 Å². The molecule has 0 amide bonds. The molecular formula is C8H13N3O4S. The molecule has 0 atom stereocenters. The Morgan fingerprint density at radius 1 is 1.19 bits per heavy atom. The third-order valence-electron chi connectivity index (χ3n) is 2.17. The fourth-order valence-corrected chi connectivity index (χ4v) is 2.19. The fraction of sp³-hybridized carbons (Fsp3) is 0.500. The van der Waals surface area contributed by atoms with Crippen molar-refractivity contribution in [3.05, 3.63) is 27.0 Å². The summed E-state index contributed by atoms with van der Waals surface area (Å²) < 4.78 is 26.3. The molecule has 0 aromatic carbocycles. The number of rotatable bonds is 2. The lowest BCUT2D eigenvalue weighted by molar-refractivity contribution is 0.514. The van der Waals surface area contributed by atoms with Gasteiger partial charge >= 0.3 is 5.69 Å². The summed E-state index contributed by atoms with van der Waals surface area (Å²) in [4.78, 5) is 22.6. The molecule has 0 saturated heterocycles. The average Bonchev–Trinajstić information content (AvgIpc) is 2.19. The summed E-state index contributed by atoms with van der Waals surface area (Å²) in [6, 6.07) is 0. The first-order chi connectivity index (χ1) is 7.19. The van der Waals surface area contributed by atoms with Gasteiger partial charge in [0, 0.05) is 34.4 Å². The van der Waals surface area contributed by atoms with E-state index in [9.17, 15) is 18.0 Å². The van der Waals surface area contributed by atoms with E-state index in [0.29, 0.717) is 0 Å². The maximum Gasteiger partial charge on any atom is 0.330 e. The van der Waals surface area contributed by atoms with Gasteiger partial charge in [0.1, 0.15) is 0 Å². The Hall–Kier alpha value is -1.41. The minimum absolute atomic E-state index is 0.415. The van der Waals surface area contributed by atoms with Crippen LogP contribution in [0, 0.1) is 0 Å². The van der Waals surface area contributed by atoms with E-state index in [1.807, 2.05) is 0 Å². The second-order valence-corrected chi connectivity index (χ2v) is 5.66. The van der Waals surface area contributed by atoms with E-state index in [2.05, 4.69) is 0 Å². The summed E-state index contributed by atoms with van der Waals surface area (Å²) in [6.45, 7) is 0. The van der Waals surface area contributed by atoms with E-state index in [4.69, 9.17) is 0 Å². The molecule has 0 saturated carbocycles. The van der Waals surface area contributed by atoms with Crippen molar-refractivity contribution >= 4 is 10.0 Å². The van der Waals surface area contributed by atoms with E-state index in [1.54, 1.807) is 0 Å². The van der Waals surface area contributed by atoms with Crippen LogP contribution in [-0.2, 0) is 24.1 Å². The summed E-state index contributed by atoms with van der Waals surface area (Å²) in [5.74, 6) is 0. The third kappa shape index (κ3) is 1.81. The van der Waals surface area contributed by atoms with Crippen molar-refractivity contribution in [3.8, 4) is 0 Å². The second kappa shape index (κ2) is 3.87. The molecule has 0 aliphatic heterocycles. The SMILES string of the molecule is CN(C)S(=O)(=O)c1cn(C)c(=O)n(C)c1=O. The molecule has 1 aromatic heterocycles. The second-order valence-electron chi connectivity index (χ2n) is 3.54. The highest BCUT2D eigenvalue weighted by Gasteiger charge is 2.23. The van der Waals surface area contributed by atoms with E-state index in [-0.39, 0.29) is 0 Å². The molecule has 0 N–H and O–H groups in total. The summed E-state index contributed by atoms with van der Waals surface area (Å²) in [7, 11) is 1.43. The number of nitrogens with zero attached hydrogens (tertiary/aromatic N) is 3. The molecule has 90 valence electrons. The lowest BCUT2D eigenvalue weighted by atomic mass is 10.6. The first-order valence-electron chi connectivity index (χ1n) is 4.38. The van der Waals surface area contributed by atoms with Gasteiger partial charge in [-0.1, -0.05) is 0 Å². The van der Waals surface area contributed by atoms with Gasteiger partial charge in [0.25, 0.3) is 5.56 Å². The van der Waals surface area contributed by atoms with Crippen LogP contribution in [0.25, 0.3) is 0 Å². The van der Waals surface area contributed by atoms with Gasteiger partial charge in [0.05, 0.1) is 0 Å². The van der Waals surface area contributed by atoms with Crippen molar-refractivity contribution in [1.82, 2.24) is 13.4 Å². The Morgan fingerprint density at radius 2 is 1.69 bits per heavy atom. The summed E-state index contributed by atoms with van der Waals surface area (Å²) in [5.41, 5.74) is -1.39. The van der Waals surface area contributed by atoms with Crippen LogP contribution >= 0.6 is 0 Å². The molecule has 16 heavy (non-hydrogen) atoms. The molecule has 0 aliphatic carbocycles. The molecule has 0 bridgehead atoms. The van der Waals surface area contributed by atoms with Crippen LogP contribution in [0.5, 0.6) is 0 Å². The fourth-order valence-electron chi connectivity index (χ4n) is 1.15. The van der Waals surface area contributed by atoms with Crippen molar-refractivity contribution in [1.29, 1.82) is 0 Å². The Bertz CT molecular complexity index is 624. The Morgan fingerprint density at radius 3 is 2.12 bits per heavy atom. The van der Waals surface area contributed by atoms with Crippen molar-refractivity contribution < 1.29 is 8.42 Å². The van der Waals surface area contributed by atoms with Gasteiger partial charge in [-0.3, -0.25) is 9.36 Å². The van der Waals surface area contributed by atoms with Gasteiger partial charge in [0.15, 0.2) is 4.90 Å². The molecule has 1 rings (SSSR count). The van der Waals surface area contributed by atoms with Crippen LogP contribution < -0.4 is 11.2 Å². The molecule has 0 radical (unpaired) electrons. The number of sulfonamides is 1. The molecule has 0 fully saturated rings. The molecule has 1 heterocycles. The van der Waals surface area contributed by atoms with Crippen LogP contribution in [0.2, 0.25) is 0 Å². The zero-order valence-electron chi connectivity index (χ0n) is 9.46. The molecule has 8 heteroatoms. The molecule has 0 unspecified atom stereocenters. The van der Waals surface area contributed by atoms with E-state index in [1.165, 1.54) is 28.2 Å². The maximum absolute atomic E-state index is 11.8. The topological polar surface area (TPSA) is 81.4 Å². The standard InChI is InChI=1S/C8H13N3O4S/c1-9(2)16(14,15)6-5-10(3)8(13)11(4)7(6)12/h5H,1-4H3. The monoisotopic (exact) mass is 247 g/mol. The minimum Gasteiger partial charge on any atom is -0.302 e. The molecular weight excluding hydrogens is 234 g/mol. The van der Waals surface area contributed by atoms with Crippen LogP contribution in [0.15, 0.2) is 20.7 Å². The first kappa shape index (κ1) is 12.7. The zero-order valence-corrected chi connectivity index (χ0v) is 10.3. The van der Waals surface area contributed by atoms with Crippen molar-refractivity contribution in [3.63, 3.8) is 0 Å². The average molecular weight is 247 g/mol. The Kier molecular flexibility index (Phi) is 3.06. The predicted molar refractivity (Wildman–Crippen MR) is 57.8 cm³/mol. The summed E-state index contributed by atoms with van der Waals surface area (Å²) in [5, 5.41) is 0. The van der Waals surface area contributed by atoms with Gasteiger partial charge in [0.2, 0.25) is 10.0 Å². The van der Waals surface area contributed by atoms with E-state index < -0.39 is 26.2 Å². The number of hydrogen-bond donors (Lipinski definition) is 0. The molecule has 0 aliphatic rings. The molecule has 0 spiro atoms. The lowest BCUT2D eigenvalue weighted by Crippen LogP contribution is -2.41. The maximum atomic E-state index is 11.8. The smallest absolute Gasteiger partial charge is 0.302 e. The first-order valence-corrected chi connectivity index (χ1v) is 5.82. The van der Waals surface area contributed by atoms with E-state index >= 15 is 0 Å². The van der Waals surface area contributed by atoms with Crippen LogP contribution in [0.1, 0.15) is 0 Å². The predicted octanol–water partition coefficient (Wildman–Crippen LogP) is -1.67. The van der Waals surface area contributed by atoms with Gasteiger partial charge in [-0.25, -0.2) is 17.5 Å². The highest BCUT2D eigenvalue weighted by molar-refractivity contribution is 7.89. The van der Waals surface area contributed by atoms with Crippen LogP contribution in [-0.4, -0.2) is 36.0 Å². The van der Waals surface area contributed by atoms with Gasteiger partial charge in [-0.2, -0.15) is 0 Å². The highest BCUT2D eigenvalue weighted by Crippen LogP contribution is 2.05. The van der Waals surface area contributed by atoms with Crippen molar-refractivity contribution in [2.45, 2.75) is 4.90 Å². The quantitative estimate of drug-likeness (QED) is 0.626. The Balaban J connectivity index is 3.76. The number of aryl methyl sites for hydroxylation is 1. The summed E-state index contributed by atoms with van der Waals surface area (Å²) in [6.07, 6.45) is 1.03. The summed E-state index contributed by atoms with van der Waals surface area (Å²) >= 11 is 0. The lowest BCUT2D eigenvalue weighted by Gasteiger charge is -2.12. The normalized spacial score (nSPS) is 12.1.